The molecule has 3 aromatic heterocycles. The topological polar surface area (TPSA) is 78.1 Å². The Kier molecular flexibility index (Phi) is 6.39. The second-order valence-electron chi connectivity index (χ2n) is 8.78. The zero-order valence-electron chi connectivity index (χ0n) is 18.5. The maximum absolute atomic E-state index is 12.9. The van der Waals surface area contributed by atoms with E-state index in [1.807, 2.05) is 47.4 Å². The Balaban J connectivity index is 1.01. The van der Waals surface area contributed by atoms with Crippen molar-refractivity contribution in [2.24, 2.45) is 5.92 Å². The molecule has 1 aliphatic rings. The van der Waals surface area contributed by atoms with Crippen molar-refractivity contribution in [3.8, 4) is 0 Å². The lowest BCUT2D eigenvalue weighted by Crippen LogP contribution is -2.38. The SMILES string of the molecule is O=C(NCCCCC1CCN(C(=O)c2cc3ccccc3[nH]2)CC1)c1cc2ccncc2s1. The monoisotopic (exact) mass is 460 g/mol. The van der Waals surface area contributed by atoms with E-state index in [0.29, 0.717) is 18.2 Å². The minimum absolute atomic E-state index is 0.00000161. The summed E-state index contributed by atoms with van der Waals surface area (Å²) >= 11 is 1.48. The van der Waals surface area contributed by atoms with Crippen molar-refractivity contribution < 1.29 is 9.59 Å². The van der Waals surface area contributed by atoms with Gasteiger partial charge < -0.3 is 15.2 Å². The molecule has 2 amide bonds. The highest BCUT2D eigenvalue weighted by Gasteiger charge is 2.24. The summed E-state index contributed by atoms with van der Waals surface area (Å²) < 4.78 is 1.04. The third-order valence-electron chi connectivity index (χ3n) is 6.53. The van der Waals surface area contributed by atoms with Gasteiger partial charge in [0.15, 0.2) is 0 Å². The Hall–Kier alpha value is -3.19. The van der Waals surface area contributed by atoms with Gasteiger partial charge in [-0.15, -0.1) is 11.3 Å². The van der Waals surface area contributed by atoms with Gasteiger partial charge in [-0.1, -0.05) is 31.0 Å². The van der Waals surface area contributed by atoms with Gasteiger partial charge in [0.2, 0.25) is 0 Å². The average molecular weight is 461 g/mol. The molecule has 0 spiro atoms. The Morgan fingerprint density at radius 1 is 1.09 bits per heavy atom. The number of aromatic amines is 1. The summed E-state index contributed by atoms with van der Waals surface area (Å²) in [5, 5.41) is 5.18. The molecule has 4 aromatic rings. The van der Waals surface area contributed by atoms with E-state index >= 15 is 0 Å². The Bertz CT molecular complexity index is 1200. The fourth-order valence-corrected chi connectivity index (χ4v) is 5.57. The molecule has 0 unspecified atom stereocenters. The van der Waals surface area contributed by atoms with Gasteiger partial charge in [-0.05, 0) is 54.8 Å². The molecule has 1 saturated heterocycles. The van der Waals surface area contributed by atoms with E-state index in [1.165, 1.54) is 11.3 Å². The number of thiophene rings is 1. The summed E-state index contributed by atoms with van der Waals surface area (Å²) in [7, 11) is 0. The molecule has 0 aliphatic carbocycles. The highest BCUT2D eigenvalue weighted by Crippen LogP contribution is 2.26. The summed E-state index contributed by atoms with van der Waals surface area (Å²) in [6.07, 6.45) is 8.87. The van der Waals surface area contributed by atoms with Crippen LogP contribution in [0.25, 0.3) is 21.0 Å². The first-order valence-electron chi connectivity index (χ1n) is 11.7. The van der Waals surface area contributed by atoms with Crippen LogP contribution in [0, 0.1) is 5.92 Å². The van der Waals surface area contributed by atoms with E-state index in [1.54, 1.807) is 12.4 Å². The fourth-order valence-electron chi connectivity index (χ4n) is 4.63. The van der Waals surface area contributed by atoms with E-state index in [9.17, 15) is 9.59 Å². The number of likely N-dealkylation sites (tertiary alicyclic amines) is 1. The minimum atomic E-state index is -0.00000161. The number of nitrogens with zero attached hydrogens (tertiary/aromatic N) is 2. The van der Waals surface area contributed by atoms with E-state index in [4.69, 9.17) is 0 Å². The first-order valence-corrected chi connectivity index (χ1v) is 12.5. The van der Waals surface area contributed by atoms with Crippen molar-refractivity contribution >= 4 is 44.1 Å². The molecule has 6 nitrogen and oxygen atoms in total. The number of benzene rings is 1. The lowest BCUT2D eigenvalue weighted by atomic mass is 9.91. The van der Waals surface area contributed by atoms with Gasteiger partial charge in [0.05, 0.1) is 9.58 Å². The van der Waals surface area contributed by atoms with Gasteiger partial charge in [-0.2, -0.15) is 0 Å². The summed E-state index contributed by atoms with van der Waals surface area (Å²) in [6, 6.07) is 13.8. The molecule has 33 heavy (non-hydrogen) atoms. The summed E-state index contributed by atoms with van der Waals surface area (Å²) in [4.78, 5) is 35.3. The van der Waals surface area contributed by atoms with Crippen molar-refractivity contribution in [2.45, 2.75) is 32.1 Å². The third kappa shape index (κ3) is 4.93. The van der Waals surface area contributed by atoms with Gasteiger partial charge in [-0.3, -0.25) is 14.6 Å². The zero-order chi connectivity index (χ0) is 22.6. The number of aromatic nitrogens is 2. The van der Waals surface area contributed by atoms with Crippen LogP contribution in [-0.4, -0.2) is 46.3 Å². The predicted octanol–water partition coefficient (Wildman–Crippen LogP) is 5.23. The number of carbonyl (C=O) groups excluding carboxylic acids is 2. The molecule has 5 rings (SSSR count). The maximum Gasteiger partial charge on any atom is 0.270 e. The highest BCUT2D eigenvalue weighted by molar-refractivity contribution is 7.20. The molecular formula is C26H28N4O2S. The van der Waals surface area contributed by atoms with Gasteiger partial charge in [0.1, 0.15) is 5.69 Å². The van der Waals surface area contributed by atoms with E-state index in [2.05, 4.69) is 15.3 Å². The van der Waals surface area contributed by atoms with Crippen molar-refractivity contribution in [3.63, 3.8) is 0 Å². The summed E-state index contributed by atoms with van der Waals surface area (Å²) in [5.41, 5.74) is 1.69. The minimum Gasteiger partial charge on any atom is -0.351 e. The second-order valence-corrected chi connectivity index (χ2v) is 9.87. The number of unbranched alkanes of at least 4 members (excludes halogenated alkanes) is 1. The molecule has 1 aromatic carbocycles. The number of rotatable bonds is 7. The fraction of sp³-hybridized carbons (Fsp3) is 0.346. The average Bonchev–Trinajstić information content (AvgIpc) is 3.48. The number of H-pyrrole nitrogens is 1. The number of carbonyl (C=O) groups is 2. The number of amides is 2. The second kappa shape index (κ2) is 9.75. The zero-order valence-corrected chi connectivity index (χ0v) is 19.4. The number of nitrogens with one attached hydrogen (secondary N) is 2. The Labute approximate surface area is 197 Å². The van der Waals surface area contributed by atoms with Crippen LogP contribution in [0.15, 0.2) is 54.9 Å². The summed E-state index contributed by atoms with van der Waals surface area (Å²) in [6.45, 7) is 2.33. The quantitative estimate of drug-likeness (QED) is 0.371. The van der Waals surface area contributed by atoms with Gasteiger partial charge in [0.25, 0.3) is 11.8 Å². The normalized spacial score (nSPS) is 14.7. The van der Waals surface area contributed by atoms with Crippen LogP contribution < -0.4 is 5.32 Å². The molecule has 7 heteroatoms. The van der Waals surface area contributed by atoms with Gasteiger partial charge in [0, 0.05) is 42.9 Å². The number of hydrogen-bond acceptors (Lipinski definition) is 4. The lowest BCUT2D eigenvalue weighted by molar-refractivity contribution is 0.0681. The Morgan fingerprint density at radius 3 is 2.76 bits per heavy atom. The van der Waals surface area contributed by atoms with Crippen LogP contribution in [-0.2, 0) is 0 Å². The van der Waals surface area contributed by atoms with Crippen LogP contribution in [0.2, 0.25) is 0 Å². The smallest absolute Gasteiger partial charge is 0.270 e. The number of fused-ring (bicyclic) bond motifs is 2. The largest absolute Gasteiger partial charge is 0.351 e. The molecule has 4 heterocycles. The van der Waals surface area contributed by atoms with Crippen LogP contribution in [0.4, 0.5) is 0 Å². The standard InChI is InChI=1S/C26H28N4O2S/c31-25(23-16-20-8-12-27-17-24(20)33-23)28-11-4-3-5-18-9-13-30(14-10-18)26(32)22-15-19-6-1-2-7-21(19)29-22/h1-2,6-8,12,15-18,29H,3-5,9-11,13-14H2,(H,28,31). The van der Waals surface area contributed by atoms with Gasteiger partial charge in [-0.25, -0.2) is 0 Å². The molecule has 1 fully saturated rings. The molecule has 0 atom stereocenters. The lowest BCUT2D eigenvalue weighted by Gasteiger charge is -2.31. The number of hydrogen-bond donors (Lipinski definition) is 2. The molecule has 1 aliphatic heterocycles. The first-order chi connectivity index (χ1) is 16.2. The first kappa shape index (κ1) is 21.6. The molecule has 0 bridgehead atoms. The van der Waals surface area contributed by atoms with Crippen molar-refractivity contribution in [2.75, 3.05) is 19.6 Å². The molecule has 0 radical (unpaired) electrons. The molecule has 0 saturated carbocycles. The number of piperidine rings is 1. The van der Waals surface area contributed by atoms with Crippen molar-refractivity contribution in [1.82, 2.24) is 20.2 Å². The maximum atomic E-state index is 12.9. The van der Waals surface area contributed by atoms with E-state index in [0.717, 1.165) is 71.1 Å². The highest BCUT2D eigenvalue weighted by atomic mass is 32.1. The van der Waals surface area contributed by atoms with Crippen molar-refractivity contribution in [3.05, 3.63) is 65.4 Å². The number of pyridine rings is 1. The Morgan fingerprint density at radius 2 is 1.94 bits per heavy atom. The summed E-state index contributed by atoms with van der Waals surface area (Å²) in [5.74, 6) is 0.756. The predicted molar refractivity (Wildman–Crippen MR) is 133 cm³/mol. The van der Waals surface area contributed by atoms with E-state index < -0.39 is 0 Å². The molecule has 2 N–H and O–H groups in total. The van der Waals surface area contributed by atoms with Crippen LogP contribution in [0.1, 0.15) is 52.3 Å². The van der Waals surface area contributed by atoms with E-state index in [-0.39, 0.29) is 11.8 Å². The molecular weight excluding hydrogens is 432 g/mol. The molecule has 170 valence electrons. The van der Waals surface area contributed by atoms with Crippen molar-refractivity contribution in [1.29, 1.82) is 0 Å². The van der Waals surface area contributed by atoms with Gasteiger partial charge >= 0.3 is 0 Å². The number of para-hydroxylation sites is 1. The third-order valence-corrected chi connectivity index (χ3v) is 7.62. The van der Waals surface area contributed by atoms with Crippen LogP contribution >= 0.6 is 11.3 Å². The van der Waals surface area contributed by atoms with Crippen LogP contribution in [0.5, 0.6) is 0 Å². The van der Waals surface area contributed by atoms with Crippen LogP contribution in [0.3, 0.4) is 0 Å².